The van der Waals surface area contributed by atoms with Crippen LogP contribution in [0.3, 0.4) is 0 Å². The van der Waals surface area contributed by atoms with Crippen LogP contribution in [0, 0.1) is 11.8 Å². The first-order chi connectivity index (χ1) is 11.7. The number of hydrogen-bond acceptors (Lipinski definition) is 3. The van der Waals surface area contributed by atoms with Gasteiger partial charge in [-0.05, 0) is 30.4 Å². The fourth-order valence-corrected chi connectivity index (χ4v) is 4.65. The Balaban J connectivity index is 1.50. The van der Waals surface area contributed by atoms with Crippen molar-refractivity contribution in [3.63, 3.8) is 0 Å². The molecule has 1 aliphatic heterocycles. The Hall–Kier alpha value is -1.88. The quantitative estimate of drug-likeness (QED) is 0.903. The molecule has 2 atom stereocenters. The van der Waals surface area contributed by atoms with Gasteiger partial charge in [-0.2, -0.15) is 0 Å². The van der Waals surface area contributed by atoms with E-state index in [1.807, 2.05) is 12.3 Å². The molecule has 0 bridgehead atoms. The van der Waals surface area contributed by atoms with Gasteiger partial charge in [-0.1, -0.05) is 32.1 Å². The van der Waals surface area contributed by atoms with Crippen LogP contribution in [0.15, 0.2) is 24.5 Å². The number of likely N-dealkylation sites (tertiary alicyclic amines) is 1. The zero-order valence-corrected chi connectivity index (χ0v) is 13.9. The van der Waals surface area contributed by atoms with Crippen molar-refractivity contribution in [3.8, 4) is 0 Å². The molecule has 2 aliphatic rings. The fraction of sp³-hybridized carbons (Fsp3) is 0.579. The number of aliphatic carboxylic acids is 1. The highest BCUT2D eigenvalue weighted by molar-refractivity contribution is 5.79. The van der Waals surface area contributed by atoms with Crippen LogP contribution in [-0.2, 0) is 11.3 Å². The van der Waals surface area contributed by atoms with Crippen LogP contribution in [0.5, 0.6) is 0 Å². The maximum Gasteiger partial charge on any atom is 0.320 e. The Morgan fingerprint density at radius 3 is 2.88 bits per heavy atom. The fourth-order valence-electron chi connectivity index (χ4n) is 4.65. The molecule has 128 valence electrons. The highest BCUT2D eigenvalue weighted by Gasteiger charge is 2.40. The van der Waals surface area contributed by atoms with E-state index in [2.05, 4.69) is 20.9 Å². The molecule has 0 aromatic carbocycles. The van der Waals surface area contributed by atoms with E-state index in [0.29, 0.717) is 12.5 Å². The molecule has 5 heteroatoms. The molecule has 0 radical (unpaired) electrons. The first-order valence-electron chi connectivity index (χ1n) is 9.09. The van der Waals surface area contributed by atoms with E-state index in [-0.39, 0.29) is 6.04 Å². The highest BCUT2D eigenvalue weighted by atomic mass is 16.4. The SMILES string of the molecule is O=C(O)[C@@H]1C[C@@H](C2CCCCC2)CN1Cc1cc2cnccc2[nH]1. The van der Waals surface area contributed by atoms with Gasteiger partial charge in [-0.25, -0.2) is 0 Å². The minimum Gasteiger partial charge on any atom is -0.480 e. The van der Waals surface area contributed by atoms with E-state index in [1.165, 1.54) is 32.1 Å². The number of nitrogens with one attached hydrogen (secondary N) is 1. The lowest BCUT2D eigenvalue weighted by Crippen LogP contribution is -2.35. The summed E-state index contributed by atoms with van der Waals surface area (Å²) in [6.45, 7) is 1.59. The summed E-state index contributed by atoms with van der Waals surface area (Å²) < 4.78 is 0. The van der Waals surface area contributed by atoms with Crippen LogP contribution in [-0.4, -0.2) is 38.5 Å². The maximum atomic E-state index is 11.7. The second-order valence-electron chi connectivity index (χ2n) is 7.43. The van der Waals surface area contributed by atoms with Gasteiger partial charge in [0.1, 0.15) is 6.04 Å². The molecule has 2 N–H and O–H groups in total. The summed E-state index contributed by atoms with van der Waals surface area (Å²) in [7, 11) is 0. The molecule has 0 amide bonds. The summed E-state index contributed by atoms with van der Waals surface area (Å²) in [5.41, 5.74) is 2.14. The van der Waals surface area contributed by atoms with Gasteiger partial charge in [0.15, 0.2) is 0 Å². The number of hydrogen-bond donors (Lipinski definition) is 2. The molecule has 24 heavy (non-hydrogen) atoms. The molecule has 1 saturated heterocycles. The Morgan fingerprint density at radius 1 is 1.29 bits per heavy atom. The number of rotatable bonds is 4. The van der Waals surface area contributed by atoms with E-state index in [0.717, 1.165) is 35.5 Å². The number of aromatic nitrogens is 2. The topological polar surface area (TPSA) is 69.2 Å². The molecule has 2 aromatic rings. The zero-order valence-electron chi connectivity index (χ0n) is 13.9. The Bertz CT molecular complexity index is 687. The number of carboxylic acids is 1. The van der Waals surface area contributed by atoms with E-state index in [9.17, 15) is 9.90 Å². The monoisotopic (exact) mass is 327 g/mol. The summed E-state index contributed by atoms with van der Waals surface area (Å²) in [5, 5.41) is 10.7. The second kappa shape index (κ2) is 6.55. The van der Waals surface area contributed by atoms with E-state index in [1.54, 1.807) is 6.20 Å². The molecule has 0 spiro atoms. The molecule has 0 unspecified atom stereocenters. The maximum absolute atomic E-state index is 11.7. The van der Waals surface area contributed by atoms with Crippen molar-refractivity contribution in [2.75, 3.05) is 6.54 Å². The summed E-state index contributed by atoms with van der Waals surface area (Å²) in [6, 6.07) is 3.71. The number of nitrogens with zero attached hydrogens (tertiary/aromatic N) is 2. The van der Waals surface area contributed by atoms with Crippen LogP contribution >= 0.6 is 0 Å². The van der Waals surface area contributed by atoms with Crippen molar-refractivity contribution >= 4 is 16.9 Å². The van der Waals surface area contributed by atoms with Crippen LogP contribution in [0.2, 0.25) is 0 Å². The smallest absolute Gasteiger partial charge is 0.320 e. The van der Waals surface area contributed by atoms with Crippen molar-refractivity contribution in [1.82, 2.24) is 14.9 Å². The van der Waals surface area contributed by atoms with Gasteiger partial charge in [-0.3, -0.25) is 14.7 Å². The minimum atomic E-state index is -0.675. The summed E-state index contributed by atoms with van der Waals surface area (Å²) in [4.78, 5) is 21.4. The van der Waals surface area contributed by atoms with Gasteiger partial charge in [0, 0.05) is 42.1 Å². The van der Waals surface area contributed by atoms with E-state index in [4.69, 9.17) is 0 Å². The van der Waals surface area contributed by atoms with Gasteiger partial charge >= 0.3 is 5.97 Å². The first kappa shape index (κ1) is 15.6. The number of carbonyl (C=O) groups is 1. The molecule has 2 fully saturated rings. The van der Waals surface area contributed by atoms with Crippen LogP contribution in [0.4, 0.5) is 0 Å². The van der Waals surface area contributed by atoms with Crippen molar-refractivity contribution in [2.24, 2.45) is 11.8 Å². The summed E-state index contributed by atoms with van der Waals surface area (Å²) in [5.74, 6) is 0.584. The molecular formula is C19H25N3O2. The molecule has 3 heterocycles. The molecular weight excluding hydrogens is 302 g/mol. The Labute approximate surface area is 142 Å². The number of H-pyrrole nitrogens is 1. The van der Waals surface area contributed by atoms with Crippen LogP contribution in [0.1, 0.15) is 44.2 Å². The average molecular weight is 327 g/mol. The van der Waals surface area contributed by atoms with Crippen molar-refractivity contribution in [1.29, 1.82) is 0 Å². The third kappa shape index (κ3) is 3.05. The predicted octanol–water partition coefficient (Wildman–Crippen LogP) is 3.42. The first-order valence-corrected chi connectivity index (χ1v) is 9.09. The molecule has 5 nitrogen and oxygen atoms in total. The largest absolute Gasteiger partial charge is 0.480 e. The minimum absolute atomic E-state index is 0.346. The molecule has 4 rings (SSSR count). The van der Waals surface area contributed by atoms with Gasteiger partial charge in [0.2, 0.25) is 0 Å². The van der Waals surface area contributed by atoms with E-state index >= 15 is 0 Å². The van der Waals surface area contributed by atoms with Crippen molar-refractivity contribution in [2.45, 2.75) is 51.1 Å². The van der Waals surface area contributed by atoms with Gasteiger partial charge in [0.25, 0.3) is 0 Å². The Morgan fingerprint density at radius 2 is 2.12 bits per heavy atom. The summed E-state index contributed by atoms with van der Waals surface area (Å²) >= 11 is 0. The highest BCUT2D eigenvalue weighted by Crippen LogP contribution is 2.38. The van der Waals surface area contributed by atoms with Gasteiger partial charge < -0.3 is 10.1 Å². The lowest BCUT2D eigenvalue weighted by Gasteiger charge is -2.27. The molecule has 2 aromatic heterocycles. The third-order valence-electron chi connectivity index (χ3n) is 5.89. The zero-order chi connectivity index (χ0) is 16.5. The van der Waals surface area contributed by atoms with E-state index < -0.39 is 5.97 Å². The lowest BCUT2D eigenvalue weighted by molar-refractivity contribution is -0.142. The van der Waals surface area contributed by atoms with Gasteiger partial charge in [-0.15, -0.1) is 0 Å². The number of carboxylic acid groups (broad SMARTS) is 1. The summed E-state index contributed by atoms with van der Waals surface area (Å²) in [6.07, 6.45) is 11.0. The van der Waals surface area contributed by atoms with Crippen molar-refractivity contribution < 1.29 is 9.90 Å². The normalized spacial score (nSPS) is 26.2. The second-order valence-corrected chi connectivity index (χ2v) is 7.43. The van der Waals surface area contributed by atoms with Gasteiger partial charge in [0.05, 0.1) is 0 Å². The number of aromatic amines is 1. The predicted molar refractivity (Wildman–Crippen MR) is 92.6 cm³/mol. The number of pyridine rings is 1. The van der Waals surface area contributed by atoms with Crippen molar-refractivity contribution in [3.05, 3.63) is 30.2 Å². The molecule has 1 aliphatic carbocycles. The molecule has 1 saturated carbocycles. The Kier molecular flexibility index (Phi) is 4.27. The number of fused-ring (bicyclic) bond motifs is 1. The van der Waals surface area contributed by atoms with Crippen LogP contribution < -0.4 is 0 Å². The van der Waals surface area contributed by atoms with Crippen LogP contribution in [0.25, 0.3) is 10.9 Å². The third-order valence-corrected chi connectivity index (χ3v) is 5.89. The lowest BCUT2D eigenvalue weighted by atomic mass is 9.79. The average Bonchev–Trinajstić information content (AvgIpc) is 3.19. The standard InChI is InChI=1S/C19H25N3O2/c23-19(24)18-9-15(13-4-2-1-3-5-13)11-22(18)12-16-8-14-10-20-7-6-17(14)21-16/h6-8,10,13,15,18,21H,1-5,9,11-12H2,(H,23,24)/t15-,18+/m1/s1.